The van der Waals surface area contributed by atoms with Crippen LogP contribution in [0.4, 0.5) is 10.1 Å². The highest BCUT2D eigenvalue weighted by Crippen LogP contribution is 2.25. The molecule has 0 aliphatic carbocycles. The van der Waals surface area contributed by atoms with E-state index in [0.717, 1.165) is 36.1 Å². The SMILES string of the molecule is CCCN1CCC(Nc2cc(F)ccc2Br)CC1. The van der Waals surface area contributed by atoms with Gasteiger partial charge in [-0.25, -0.2) is 4.39 Å². The highest BCUT2D eigenvalue weighted by Gasteiger charge is 2.18. The number of piperidine rings is 1. The van der Waals surface area contributed by atoms with Crippen molar-refractivity contribution >= 4 is 21.6 Å². The molecule has 1 saturated heterocycles. The average molecular weight is 315 g/mol. The number of anilines is 1. The minimum atomic E-state index is -0.191. The van der Waals surface area contributed by atoms with E-state index in [0.29, 0.717) is 6.04 Å². The quantitative estimate of drug-likeness (QED) is 0.907. The van der Waals surface area contributed by atoms with Gasteiger partial charge >= 0.3 is 0 Å². The fourth-order valence-corrected chi connectivity index (χ4v) is 2.81. The Labute approximate surface area is 117 Å². The highest BCUT2D eigenvalue weighted by molar-refractivity contribution is 9.10. The Bertz CT molecular complexity index is 389. The number of halogens is 2. The molecule has 0 amide bonds. The van der Waals surface area contributed by atoms with E-state index in [4.69, 9.17) is 0 Å². The summed E-state index contributed by atoms with van der Waals surface area (Å²) in [6.07, 6.45) is 3.47. The lowest BCUT2D eigenvalue weighted by molar-refractivity contribution is 0.219. The lowest BCUT2D eigenvalue weighted by Gasteiger charge is -2.32. The normalized spacial score (nSPS) is 17.9. The van der Waals surface area contributed by atoms with Gasteiger partial charge in [0.05, 0.1) is 5.69 Å². The van der Waals surface area contributed by atoms with Crippen molar-refractivity contribution in [2.75, 3.05) is 25.0 Å². The minimum Gasteiger partial charge on any atom is -0.381 e. The molecule has 0 bridgehead atoms. The molecule has 1 heterocycles. The molecule has 1 aliphatic rings. The van der Waals surface area contributed by atoms with Gasteiger partial charge < -0.3 is 10.2 Å². The first-order valence-electron chi connectivity index (χ1n) is 6.63. The van der Waals surface area contributed by atoms with Crippen molar-refractivity contribution in [1.29, 1.82) is 0 Å². The second-order valence-electron chi connectivity index (χ2n) is 4.88. The van der Waals surface area contributed by atoms with E-state index in [2.05, 4.69) is 33.1 Å². The Morgan fingerprint density at radius 3 is 2.78 bits per heavy atom. The van der Waals surface area contributed by atoms with E-state index < -0.39 is 0 Å². The zero-order valence-corrected chi connectivity index (χ0v) is 12.3. The van der Waals surface area contributed by atoms with Crippen molar-refractivity contribution in [3.63, 3.8) is 0 Å². The summed E-state index contributed by atoms with van der Waals surface area (Å²) in [5.41, 5.74) is 0.865. The van der Waals surface area contributed by atoms with Crippen LogP contribution in [0.1, 0.15) is 26.2 Å². The third kappa shape index (κ3) is 3.69. The van der Waals surface area contributed by atoms with E-state index in [-0.39, 0.29) is 5.82 Å². The highest BCUT2D eigenvalue weighted by atomic mass is 79.9. The average Bonchev–Trinajstić information content (AvgIpc) is 2.37. The van der Waals surface area contributed by atoms with Crippen molar-refractivity contribution < 1.29 is 4.39 Å². The molecule has 1 aromatic rings. The van der Waals surface area contributed by atoms with Gasteiger partial charge in [-0.1, -0.05) is 6.92 Å². The van der Waals surface area contributed by atoms with E-state index in [1.807, 2.05) is 0 Å². The largest absolute Gasteiger partial charge is 0.381 e. The summed E-state index contributed by atoms with van der Waals surface area (Å²) in [6.45, 7) is 5.68. The maximum absolute atomic E-state index is 13.2. The summed E-state index contributed by atoms with van der Waals surface area (Å²) in [6, 6.07) is 5.24. The molecule has 0 spiro atoms. The number of nitrogens with zero attached hydrogens (tertiary/aromatic N) is 1. The van der Waals surface area contributed by atoms with Crippen molar-refractivity contribution in [3.8, 4) is 0 Å². The summed E-state index contributed by atoms with van der Waals surface area (Å²) in [7, 11) is 0. The number of nitrogens with one attached hydrogen (secondary N) is 1. The molecule has 4 heteroatoms. The molecule has 18 heavy (non-hydrogen) atoms. The first kappa shape index (κ1) is 13.8. The second-order valence-corrected chi connectivity index (χ2v) is 5.74. The van der Waals surface area contributed by atoms with Crippen molar-refractivity contribution in [3.05, 3.63) is 28.5 Å². The van der Waals surface area contributed by atoms with Gasteiger partial charge in [0.15, 0.2) is 0 Å². The van der Waals surface area contributed by atoms with E-state index in [9.17, 15) is 4.39 Å². The molecule has 1 N–H and O–H groups in total. The van der Waals surface area contributed by atoms with Crippen molar-refractivity contribution in [1.82, 2.24) is 4.90 Å². The molecule has 0 unspecified atom stereocenters. The van der Waals surface area contributed by atoms with Crippen LogP contribution >= 0.6 is 15.9 Å². The number of hydrogen-bond acceptors (Lipinski definition) is 2. The Kier molecular flexibility index (Phi) is 5.01. The smallest absolute Gasteiger partial charge is 0.125 e. The third-order valence-corrected chi connectivity index (χ3v) is 4.11. The number of hydrogen-bond donors (Lipinski definition) is 1. The van der Waals surface area contributed by atoms with E-state index in [1.54, 1.807) is 12.1 Å². The summed E-state index contributed by atoms with van der Waals surface area (Å²) < 4.78 is 14.1. The first-order valence-corrected chi connectivity index (χ1v) is 7.42. The second kappa shape index (κ2) is 6.53. The molecule has 2 rings (SSSR count). The number of likely N-dealkylation sites (tertiary alicyclic amines) is 1. The fourth-order valence-electron chi connectivity index (χ4n) is 2.45. The van der Waals surface area contributed by atoms with Crippen LogP contribution in [0.5, 0.6) is 0 Å². The summed E-state index contributed by atoms with van der Waals surface area (Å²) in [5.74, 6) is -0.191. The van der Waals surface area contributed by atoms with Crippen molar-refractivity contribution in [2.45, 2.75) is 32.2 Å². The maximum Gasteiger partial charge on any atom is 0.125 e. The maximum atomic E-state index is 13.2. The van der Waals surface area contributed by atoms with E-state index >= 15 is 0 Å². The van der Waals surface area contributed by atoms with Gasteiger partial charge in [-0.05, 0) is 59.9 Å². The zero-order chi connectivity index (χ0) is 13.0. The third-order valence-electron chi connectivity index (χ3n) is 3.42. The van der Waals surface area contributed by atoms with Crippen LogP contribution in [0.15, 0.2) is 22.7 Å². The molecule has 0 atom stereocenters. The van der Waals surface area contributed by atoms with Crippen molar-refractivity contribution in [2.24, 2.45) is 0 Å². The Balaban J connectivity index is 1.89. The Hall–Kier alpha value is -0.610. The monoisotopic (exact) mass is 314 g/mol. The van der Waals surface area contributed by atoms with Crippen LogP contribution in [-0.2, 0) is 0 Å². The molecule has 0 radical (unpaired) electrons. The number of benzene rings is 1. The zero-order valence-electron chi connectivity index (χ0n) is 10.8. The standard InChI is InChI=1S/C14H20BrFN2/c1-2-7-18-8-5-12(6-9-18)17-14-10-11(16)3-4-13(14)15/h3-4,10,12,17H,2,5-9H2,1H3. The van der Waals surface area contributed by atoms with E-state index in [1.165, 1.54) is 19.0 Å². The van der Waals surface area contributed by atoms with Crippen LogP contribution in [0.3, 0.4) is 0 Å². The molecular weight excluding hydrogens is 295 g/mol. The molecular formula is C14H20BrFN2. The lowest BCUT2D eigenvalue weighted by atomic mass is 10.0. The molecule has 2 nitrogen and oxygen atoms in total. The molecule has 100 valence electrons. The molecule has 1 aliphatic heterocycles. The summed E-state index contributed by atoms with van der Waals surface area (Å²) in [4.78, 5) is 2.50. The first-order chi connectivity index (χ1) is 8.69. The van der Waals surface area contributed by atoms with Gasteiger partial charge in [-0.2, -0.15) is 0 Å². The van der Waals surface area contributed by atoms with Crippen LogP contribution in [0, 0.1) is 5.82 Å². The lowest BCUT2D eigenvalue weighted by Crippen LogP contribution is -2.39. The molecule has 0 aromatic heterocycles. The number of rotatable bonds is 4. The molecule has 1 fully saturated rings. The van der Waals surface area contributed by atoms with Crippen LogP contribution in [-0.4, -0.2) is 30.6 Å². The molecule has 0 saturated carbocycles. The van der Waals surface area contributed by atoms with Crippen LogP contribution in [0.25, 0.3) is 0 Å². The predicted octanol–water partition coefficient (Wildman–Crippen LogP) is 3.87. The van der Waals surface area contributed by atoms with Gasteiger partial charge in [0, 0.05) is 23.6 Å². The Morgan fingerprint density at radius 2 is 2.11 bits per heavy atom. The topological polar surface area (TPSA) is 15.3 Å². The fraction of sp³-hybridized carbons (Fsp3) is 0.571. The molecule has 1 aromatic carbocycles. The van der Waals surface area contributed by atoms with Gasteiger partial charge in [0.1, 0.15) is 5.82 Å². The van der Waals surface area contributed by atoms with Gasteiger partial charge in [0.25, 0.3) is 0 Å². The predicted molar refractivity (Wildman–Crippen MR) is 77.5 cm³/mol. The van der Waals surface area contributed by atoms with Gasteiger partial charge in [0.2, 0.25) is 0 Å². The minimum absolute atomic E-state index is 0.191. The summed E-state index contributed by atoms with van der Waals surface area (Å²) >= 11 is 3.45. The van der Waals surface area contributed by atoms with Gasteiger partial charge in [-0.3, -0.25) is 0 Å². The van der Waals surface area contributed by atoms with Gasteiger partial charge in [-0.15, -0.1) is 0 Å². The van der Waals surface area contributed by atoms with Crippen LogP contribution < -0.4 is 5.32 Å². The Morgan fingerprint density at radius 1 is 1.39 bits per heavy atom. The van der Waals surface area contributed by atoms with Crippen LogP contribution in [0.2, 0.25) is 0 Å². The summed E-state index contributed by atoms with van der Waals surface area (Å²) in [5, 5.41) is 3.44.